The molecule has 0 aliphatic heterocycles. The van der Waals surface area contributed by atoms with Gasteiger partial charge >= 0.3 is 0 Å². The lowest BCUT2D eigenvalue weighted by molar-refractivity contribution is 0.394. The third-order valence-electron chi connectivity index (χ3n) is 2.92. The Morgan fingerprint density at radius 2 is 2.00 bits per heavy atom. The van der Waals surface area contributed by atoms with Crippen LogP contribution in [-0.2, 0) is 13.1 Å². The van der Waals surface area contributed by atoms with Crippen molar-refractivity contribution in [3.63, 3.8) is 0 Å². The number of anilines is 1. The van der Waals surface area contributed by atoms with Gasteiger partial charge in [0.25, 0.3) is 0 Å². The van der Waals surface area contributed by atoms with Crippen molar-refractivity contribution in [2.75, 3.05) is 26.1 Å². The second-order valence-corrected chi connectivity index (χ2v) is 5.80. The van der Waals surface area contributed by atoms with Crippen LogP contribution < -0.4 is 15.0 Å². The molecule has 1 heterocycles. The van der Waals surface area contributed by atoms with Crippen LogP contribution in [0.3, 0.4) is 0 Å². The van der Waals surface area contributed by atoms with Gasteiger partial charge in [-0.1, -0.05) is 23.5 Å². The maximum Gasteiger partial charge on any atom is 0.230 e. The lowest BCUT2D eigenvalue weighted by Gasteiger charge is -2.05. The maximum atomic E-state index is 8.77. The second-order valence-electron chi connectivity index (χ2n) is 4.74. The molecule has 0 bridgehead atoms. The van der Waals surface area contributed by atoms with E-state index in [0.29, 0.717) is 18.0 Å². The number of rotatable bonds is 6. The highest BCUT2D eigenvalue weighted by atomic mass is 32.1. The Labute approximate surface area is 128 Å². The quantitative estimate of drug-likeness (QED) is 0.887. The van der Waals surface area contributed by atoms with Crippen molar-refractivity contribution < 1.29 is 4.74 Å². The van der Waals surface area contributed by atoms with Crippen LogP contribution in [0.5, 0.6) is 5.88 Å². The summed E-state index contributed by atoms with van der Waals surface area (Å²) in [6.45, 7) is 1.44. The van der Waals surface area contributed by atoms with E-state index in [0.717, 1.165) is 22.1 Å². The van der Waals surface area contributed by atoms with Gasteiger partial charge in [-0.15, -0.1) is 0 Å². The summed E-state index contributed by atoms with van der Waals surface area (Å²) in [5.74, 6) is 0.677. The number of nitrogens with one attached hydrogen (secondary N) is 1. The lowest BCUT2D eigenvalue weighted by Crippen LogP contribution is -2.12. The Morgan fingerprint density at radius 3 is 2.57 bits per heavy atom. The predicted molar refractivity (Wildman–Crippen MR) is 84.7 cm³/mol. The third kappa shape index (κ3) is 3.94. The van der Waals surface area contributed by atoms with Gasteiger partial charge in [0, 0.05) is 27.2 Å². The van der Waals surface area contributed by atoms with Crippen molar-refractivity contribution >= 4 is 16.5 Å². The van der Waals surface area contributed by atoms with Crippen LogP contribution in [-0.4, -0.2) is 26.2 Å². The van der Waals surface area contributed by atoms with Crippen LogP contribution in [0.2, 0.25) is 0 Å². The fraction of sp³-hybridized carbons (Fsp3) is 0.333. The largest absolute Gasteiger partial charge is 0.480 e. The van der Waals surface area contributed by atoms with Gasteiger partial charge < -0.3 is 15.0 Å². The van der Waals surface area contributed by atoms with Crippen LogP contribution in [0, 0.1) is 11.3 Å². The summed E-state index contributed by atoms with van der Waals surface area (Å²) in [7, 11) is 5.57. The zero-order valence-electron chi connectivity index (χ0n) is 12.4. The highest BCUT2D eigenvalue weighted by Gasteiger charge is 2.12. The molecule has 0 aliphatic carbocycles. The van der Waals surface area contributed by atoms with Crippen molar-refractivity contribution in [2.24, 2.45) is 0 Å². The summed E-state index contributed by atoms with van der Waals surface area (Å²) >= 11 is 1.62. The Balaban J connectivity index is 1.95. The van der Waals surface area contributed by atoms with Crippen molar-refractivity contribution in [3.8, 4) is 11.9 Å². The molecule has 0 fully saturated rings. The molecule has 0 aliphatic rings. The smallest absolute Gasteiger partial charge is 0.230 e. The molecule has 1 aromatic carbocycles. The third-order valence-corrected chi connectivity index (χ3v) is 4.13. The average molecular weight is 302 g/mol. The minimum atomic E-state index is 0.677. The summed E-state index contributed by atoms with van der Waals surface area (Å²) < 4.78 is 5.31. The topological polar surface area (TPSA) is 61.2 Å². The highest BCUT2D eigenvalue weighted by Crippen LogP contribution is 2.30. The van der Waals surface area contributed by atoms with Crippen molar-refractivity contribution in [3.05, 3.63) is 40.3 Å². The van der Waals surface area contributed by atoms with Gasteiger partial charge in [-0.2, -0.15) is 10.2 Å². The van der Waals surface area contributed by atoms with Gasteiger partial charge in [0.15, 0.2) is 5.13 Å². The first-order valence-corrected chi connectivity index (χ1v) is 7.36. The Hall–Kier alpha value is -2.10. The van der Waals surface area contributed by atoms with Gasteiger partial charge in [-0.05, 0) is 17.7 Å². The Kier molecular flexibility index (Phi) is 5.14. The van der Waals surface area contributed by atoms with Crippen LogP contribution in [0.1, 0.15) is 16.0 Å². The molecule has 110 valence electrons. The summed E-state index contributed by atoms with van der Waals surface area (Å²) in [6, 6.07) is 9.69. The van der Waals surface area contributed by atoms with E-state index in [9.17, 15) is 0 Å². The minimum absolute atomic E-state index is 0.677. The lowest BCUT2D eigenvalue weighted by atomic mass is 10.1. The first-order chi connectivity index (χ1) is 10.1. The number of aromatic nitrogens is 1. The molecule has 0 unspecified atom stereocenters. The first kappa shape index (κ1) is 15.3. The molecule has 2 aromatic rings. The fourth-order valence-corrected chi connectivity index (χ4v) is 2.73. The Morgan fingerprint density at radius 1 is 1.29 bits per heavy atom. The van der Waals surface area contributed by atoms with E-state index < -0.39 is 0 Å². The van der Waals surface area contributed by atoms with Crippen LogP contribution in [0.15, 0.2) is 24.3 Å². The van der Waals surface area contributed by atoms with Gasteiger partial charge in [0.1, 0.15) is 0 Å². The normalized spacial score (nSPS) is 10.2. The second kappa shape index (κ2) is 7.07. The molecular weight excluding hydrogens is 284 g/mol. The molecule has 0 radical (unpaired) electrons. The average Bonchev–Trinajstić information content (AvgIpc) is 2.91. The molecule has 0 amide bonds. The van der Waals surface area contributed by atoms with Crippen molar-refractivity contribution in [1.82, 2.24) is 10.3 Å². The molecule has 5 nitrogen and oxygen atoms in total. The van der Waals surface area contributed by atoms with E-state index in [-0.39, 0.29) is 0 Å². The van der Waals surface area contributed by atoms with Crippen LogP contribution in [0.25, 0.3) is 0 Å². The molecule has 0 spiro atoms. The molecule has 2 rings (SSSR count). The van der Waals surface area contributed by atoms with Gasteiger partial charge in [-0.3, -0.25) is 0 Å². The van der Waals surface area contributed by atoms with Gasteiger partial charge in [0.05, 0.1) is 23.6 Å². The van der Waals surface area contributed by atoms with Gasteiger partial charge in [-0.25, -0.2) is 0 Å². The predicted octanol–water partition coefficient (Wildman–Crippen LogP) is 2.38. The Bertz CT molecular complexity index is 628. The molecule has 1 N–H and O–H groups in total. The van der Waals surface area contributed by atoms with Crippen molar-refractivity contribution in [1.29, 1.82) is 5.26 Å². The van der Waals surface area contributed by atoms with E-state index >= 15 is 0 Å². The zero-order chi connectivity index (χ0) is 15.2. The molecule has 0 saturated heterocycles. The summed E-state index contributed by atoms with van der Waals surface area (Å²) in [4.78, 5) is 7.47. The fourth-order valence-electron chi connectivity index (χ4n) is 1.81. The number of ether oxygens (including phenoxy) is 1. The summed E-state index contributed by atoms with van der Waals surface area (Å²) in [5, 5.41) is 13.1. The number of nitrogens with zero attached hydrogens (tertiary/aromatic N) is 3. The maximum absolute atomic E-state index is 8.77. The minimum Gasteiger partial charge on any atom is -0.480 e. The number of methoxy groups -OCH3 is 1. The summed E-state index contributed by atoms with van der Waals surface area (Å²) in [6.07, 6.45) is 0. The molecule has 1 aromatic heterocycles. The molecule has 21 heavy (non-hydrogen) atoms. The molecule has 6 heteroatoms. The zero-order valence-corrected chi connectivity index (χ0v) is 13.2. The van der Waals surface area contributed by atoms with Crippen LogP contribution >= 0.6 is 11.3 Å². The SMILES string of the molecule is COc1nc(N(C)C)sc1CNCc1ccc(C#N)cc1. The first-order valence-electron chi connectivity index (χ1n) is 6.55. The summed E-state index contributed by atoms with van der Waals surface area (Å²) in [5.41, 5.74) is 1.82. The number of hydrogen-bond donors (Lipinski definition) is 1. The standard InChI is InChI=1S/C15H18N4OS/c1-19(2)15-18-14(20-3)13(21-15)10-17-9-12-6-4-11(8-16)5-7-12/h4-7,17H,9-10H2,1-3H3. The van der Waals surface area contributed by atoms with Gasteiger partial charge in [0.2, 0.25) is 5.88 Å². The van der Waals surface area contributed by atoms with E-state index in [1.165, 1.54) is 0 Å². The highest BCUT2D eigenvalue weighted by molar-refractivity contribution is 7.15. The van der Waals surface area contributed by atoms with Crippen LogP contribution in [0.4, 0.5) is 5.13 Å². The van der Waals surface area contributed by atoms with E-state index in [1.54, 1.807) is 18.4 Å². The number of nitriles is 1. The van der Waals surface area contributed by atoms with Crippen molar-refractivity contribution in [2.45, 2.75) is 13.1 Å². The van der Waals surface area contributed by atoms with E-state index in [4.69, 9.17) is 10.00 Å². The monoisotopic (exact) mass is 302 g/mol. The molecule has 0 saturated carbocycles. The van der Waals surface area contributed by atoms with E-state index in [2.05, 4.69) is 16.4 Å². The van der Waals surface area contributed by atoms with E-state index in [1.807, 2.05) is 43.3 Å². The number of benzene rings is 1. The molecule has 0 atom stereocenters. The number of thiazole rings is 1. The number of hydrogen-bond acceptors (Lipinski definition) is 6. The molecular formula is C15H18N4OS.